The summed E-state index contributed by atoms with van der Waals surface area (Å²) in [5, 5.41) is 9.59. The zero-order chi connectivity index (χ0) is 17.3. The van der Waals surface area contributed by atoms with Crippen LogP contribution in [0.2, 0.25) is 0 Å². The highest BCUT2D eigenvalue weighted by molar-refractivity contribution is 5.89. The number of rotatable bonds is 3. The number of halogens is 4. The van der Waals surface area contributed by atoms with Crippen LogP contribution in [0.1, 0.15) is 28.8 Å². The van der Waals surface area contributed by atoms with Crippen LogP contribution in [0.3, 0.4) is 0 Å². The second-order valence-electron chi connectivity index (χ2n) is 5.60. The maximum atomic E-state index is 14.0. The lowest BCUT2D eigenvalue weighted by Gasteiger charge is -2.39. The van der Waals surface area contributed by atoms with Crippen LogP contribution in [0, 0.1) is 5.82 Å². The van der Waals surface area contributed by atoms with E-state index in [9.17, 15) is 27.5 Å². The van der Waals surface area contributed by atoms with Crippen LogP contribution < -0.4 is 0 Å². The van der Waals surface area contributed by atoms with Gasteiger partial charge in [0.25, 0.3) is 0 Å². The predicted octanol–water partition coefficient (Wildman–Crippen LogP) is 2.50. The molecule has 1 fully saturated rings. The monoisotopic (exact) mass is 335 g/mol. The number of hydrogen-bond donors (Lipinski definition) is 1. The SMILES string of the molecule is COC(=O)c1ccc(CN2CCC(O)(C(F)(F)F)CC2)c(F)c1. The van der Waals surface area contributed by atoms with Gasteiger partial charge in [-0.05, 0) is 25.0 Å². The molecule has 1 heterocycles. The predicted molar refractivity (Wildman–Crippen MR) is 73.3 cm³/mol. The van der Waals surface area contributed by atoms with E-state index < -0.39 is 36.4 Å². The van der Waals surface area contributed by atoms with Gasteiger partial charge in [0.2, 0.25) is 0 Å². The third-order valence-electron chi connectivity index (χ3n) is 4.08. The molecule has 1 N–H and O–H groups in total. The molecular weight excluding hydrogens is 318 g/mol. The molecule has 0 amide bonds. The Bertz CT molecular complexity index is 581. The number of likely N-dealkylation sites (tertiary alicyclic amines) is 1. The zero-order valence-corrected chi connectivity index (χ0v) is 12.5. The minimum atomic E-state index is -4.66. The number of esters is 1. The van der Waals surface area contributed by atoms with Crippen molar-refractivity contribution in [2.45, 2.75) is 31.2 Å². The number of ether oxygens (including phenoxy) is 1. The molecule has 0 aliphatic carbocycles. The fourth-order valence-corrected chi connectivity index (χ4v) is 2.53. The Labute approximate surface area is 130 Å². The molecule has 128 valence electrons. The summed E-state index contributed by atoms with van der Waals surface area (Å²) in [6.45, 7) is 0.129. The Morgan fingerprint density at radius 2 is 1.96 bits per heavy atom. The number of carbonyl (C=O) groups excluding carboxylic acids is 1. The first-order chi connectivity index (χ1) is 10.7. The van der Waals surface area contributed by atoms with E-state index in [1.54, 1.807) is 4.90 Å². The van der Waals surface area contributed by atoms with Gasteiger partial charge in [0.15, 0.2) is 5.60 Å². The summed E-state index contributed by atoms with van der Waals surface area (Å²) in [5.41, 5.74) is -2.33. The van der Waals surface area contributed by atoms with Crippen LogP contribution in [0.5, 0.6) is 0 Å². The first-order valence-electron chi connectivity index (χ1n) is 7.04. The zero-order valence-electron chi connectivity index (χ0n) is 12.5. The first-order valence-corrected chi connectivity index (χ1v) is 7.04. The third-order valence-corrected chi connectivity index (χ3v) is 4.08. The van der Waals surface area contributed by atoms with Crippen LogP contribution in [0.4, 0.5) is 17.6 Å². The molecular formula is C15H17F4NO3. The number of piperidine rings is 1. The van der Waals surface area contributed by atoms with E-state index in [2.05, 4.69) is 4.74 Å². The molecule has 23 heavy (non-hydrogen) atoms. The lowest BCUT2D eigenvalue weighted by atomic mass is 9.90. The van der Waals surface area contributed by atoms with Crippen molar-refractivity contribution in [3.8, 4) is 0 Å². The minimum Gasteiger partial charge on any atom is -0.465 e. The van der Waals surface area contributed by atoms with Crippen molar-refractivity contribution in [3.05, 3.63) is 35.1 Å². The van der Waals surface area contributed by atoms with E-state index in [1.807, 2.05) is 0 Å². The second-order valence-corrected chi connectivity index (χ2v) is 5.60. The van der Waals surface area contributed by atoms with Crippen molar-refractivity contribution in [3.63, 3.8) is 0 Å². The molecule has 0 spiro atoms. The van der Waals surface area contributed by atoms with Crippen molar-refractivity contribution in [2.24, 2.45) is 0 Å². The standard InChI is InChI=1S/C15H17F4NO3/c1-23-13(21)10-2-3-11(12(16)8-10)9-20-6-4-14(22,5-7-20)15(17,18)19/h2-3,8,22H,4-7,9H2,1H3. The fraction of sp³-hybridized carbons (Fsp3) is 0.533. The maximum Gasteiger partial charge on any atom is 0.417 e. The summed E-state index contributed by atoms with van der Waals surface area (Å²) in [6.07, 6.45) is -5.55. The molecule has 8 heteroatoms. The van der Waals surface area contributed by atoms with Gasteiger partial charge in [0.05, 0.1) is 12.7 Å². The number of alkyl halides is 3. The Hall–Kier alpha value is -1.67. The first kappa shape index (κ1) is 17.7. The van der Waals surface area contributed by atoms with Crippen LogP contribution >= 0.6 is 0 Å². The second kappa shape index (κ2) is 6.45. The van der Waals surface area contributed by atoms with Gasteiger partial charge in [0.1, 0.15) is 5.82 Å². The summed E-state index contributed by atoms with van der Waals surface area (Å²) in [7, 11) is 1.18. The average Bonchev–Trinajstić information content (AvgIpc) is 2.49. The van der Waals surface area contributed by atoms with Gasteiger partial charge in [-0.2, -0.15) is 13.2 Å². The summed E-state index contributed by atoms with van der Waals surface area (Å²) in [5.74, 6) is -1.28. The summed E-state index contributed by atoms with van der Waals surface area (Å²) in [6, 6.07) is 3.85. The van der Waals surface area contributed by atoms with E-state index in [1.165, 1.54) is 19.2 Å². The van der Waals surface area contributed by atoms with E-state index in [-0.39, 0.29) is 30.8 Å². The molecule has 4 nitrogen and oxygen atoms in total. The van der Waals surface area contributed by atoms with Crippen molar-refractivity contribution in [1.82, 2.24) is 4.90 Å². The molecule has 1 aliphatic heterocycles. The topological polar surface area (TPSA) is 49.8 Å². The average molecular weight is 335 g/mol. The van der Waals surface area contributed by atoms with Gasteiger partial charge in [-0.15, -0.1) is 0 Å². The Morgan fingerprint density at radius 3 is 2.43 bits per heavy atom. The van der Waals surface area contributed by atoms with E-state index in [0.717, 1.165) is 6.07 Å². The minimum absolute atomic E-state index is 0.00814. The number of carbonyl (C=O) groups is 1. The van der Waals surface area contributed by atoms with Crippen LogP contribution in [-0.2, 0) is 11.3 Å². The maximum absolute atomic E-state index is 14.0. The van der Waals surface area contributed by atoms with Crippen molar-refractivity contribution >= 4 is 5.97 Å². The highest BCUT2D eigenvalue weighted by Crippen LogP contribution is 2.38. The van der Waals surface area contributed by atoms with Gasteiger partial charge in [0, 0.05) is 25.2 Å². The molecule has 0 atom stereocenters. The lowest BCUT2D eigenvalue weighted by Crippen LogP contribution is -2.53. The number of benzene rings is 1. The molecule has 2 rings (SSSR count). The van der Waals surface area contributed by atoms with E-state index in [4.69, 9.17) is 0 Å². The van der Waals surface area contributed by atoms with Crippen LogP contribution in [-0.4, -0.2) is 48.0 Å². The molecule has 1 aromatic carbocycles. The largest absolute Gasteiger partial charge is 0.465 e. The summed E-state index contributed by atoms with van der Waals surface area (Å²) >= 11 is 0. The Kier molecular flexibility index (Phi) is 4.95. The lowest BCUT2D eigenvalue weighted by molar-refractivity contribution is -0.272. The molecule has 0 saturated carbocycles. The van der Waals surface area contributed by atoms with Gasteiger partial charge >= 0.3 is 12.1 Å². The normalized spacial score (nSPS) is 18.7. The third kappa shape index (κ3) is 3.81. The summed E-state index contributed by atoms with van der Waals surface area (Å²) in [4.78, 5) is 12.9. The molecule has 0 radical (unpaired) electrons. The molecule has 1 saturated heterocycles. The van der Waals surface area contributed by atoms with Crippen LogP contribution in [0.15, 0.2) is 18.2 Å². The molecule has 1 aromatic rings. The van der Waals surface area contributed by atoms with E-state index >= 15 is 0 Å². The van der Waals surface area contributed by atoms with Crippen molar-refractivity contribution in [1.29, 1.82) is 0 Å². The van der Waals surface area contributed by atoms with Gasteiger partial charge in [-0.25, -0.2) is 9.18 Å². The highest BCUT2D eigenvalue weighted by Gasteiger charge is 2.54. The van der Waals surface area contributed by atoms with Gasteiger partial charge < -0.3 is 9.84 Å². The highest BCUT2D eigenvalue weighted by atomic mass is 19.4. The van der Waals surface area contributed by atoms with Crippen LogP contribution in [0.25, 0.3) is 0 Å². The van der Waals surface area contributed by atoms with E-state index in [0.29, 0.717) is 0 Å². The Balaban J connectivity index is 2.01. The quantitative estimate of drug-likeness (QED) is 0.681. The molecule has 1 aliphatic rings. The Morgan fingerprint density at radius 1 is 1.35 bits per heavy atom. The van der Waals surface area contributed by atoms with Gasteiger partial charge in [-0.3, -0.25) is 4.90 Å². The fourth-order valence-electron chi connectivity index (χ4n) is 2.53. The molecule has 0 unspecified atom stereocenters. The number of hydrogen-bond acceptors (Lipinski definition) is 4. The number of nitrogens with zero attached hydrogens (tertiary/aromatic N) is 1. The number of methoxy groups -OCH3 is 1. The number of aliphatic hydroxyl groups is 1. The molecule has 0 aromatic heterocycles. The summed E-state index contributed by atoms with van der Waals surface area (Å²) < 4.78 is 56.6. The van der Waals surface area contributed by atoms with Gasteiger partial charge in [-0.1, -0.05) is 6.07 Å². The van der Waals surface area contributed by atoms with Crippen molar-refractivity contribution < 1.29 is 32.2 Å². The molecule has 0 bridgehead atoms. The van der Waals surface area contributed by atoms with Crippen molar-refractivity contribution in [2.75, 3.05) is 20.2 Å². The smallest absolute Gasteiger partial charge is 0.417 e.